The lowest BCUT2D eigenvalue weighted by Crippen LogP contribution is -2.42. The first-order valence-electron chi connectivity index (χ1n) is 7.95. The van der Waals surface area contributed by atoms with Crippen LogP contribution in [0.3, 0.4) is 0 Å². The van der Waals surface area contributed by atoms with Crippen molar-refractivity contribution in [3.8, 4) is 0 Å². The van der Waals surface area contributed by atoms with Gasteiger partial charge < -0.3 is 0 Å². The minimum Gasteiger partial charge on any atom is -0.234 e. The fourth-order valence-electron chi connectivity index (χ4n) is 2.67. The highest BCUT2D eigenvalue weighted by Gasteiger charge is 2.27. The van der Waals surface area contributed by atoms with Gasteiger partial charge in [0.05, 0.1) is 4.90 Å². The van der Waals surface area contributed by atoms with E-state index in [-0.39, 0.29) is 0 Å². The van der Waals surface area contributed by atoms with Crippen molar-refractivity contribution < 1.29 is 8.42 Å². The average Bonchev–Trinajstić information content (AvgIpc) is 2.53. The number of benzene rings is 2. The molecule has 0 amide bonds. The smallest absolute Gasteiger partial charge is 0.234 e. The molecule has 0 unspecified atom stereocenters. The Hall–Kier alpha value is -1.43. The van der Waals surface area contributed by atoms with E-state index in [1.807, 2.05) is 30.3 Å². The van der Waals surface area contributed by atoms with E-state index >= 15 is 0 Å². The molecule has 0 atom stereocenters. The molecule has 5 heteroatoms. The largest absolute Gasteiger partial charge is 0.256 e. The molecule has 2 aromatic rings. The first kappa shape index (κ1) is 17.9. The summed E-state index contributed by atoms with van der Waals surface area (Å²) in [5, 5.41) is 3.35. The van der Waals surface area contributed by atoms with Crippen molar-refractivity contribution in [1.82, 2.24) is 9.42 Å². The Morgan fingerprint density at radius 2 is 1.65 bits per heavy atom. The predicted octanol–water partition coefficient (Wildman–Crippen LogP) is 3.70. The molecule has 0 aliphatic heterocycles. The number of unbranched alkanes of at least 4 members (excludes halogenated alkanes) is 3. The van der Waals surface area contributed by atoms with Crippen molar-refractivity contribution in [2.75, 3.05) is 20.6 Å². The molecular formula is C18H25N2O2S. The van der Waals surface area contributed by atoms with E-state index in [1.54, 1.807) is 31.2 Å². The van der Waals surface area contributed by atoms with E-state index in [9.17, 15) is 8.42 Å². The lowest BCUT2D eigenvalue weighted by atomic mass is 10.1. The molecule has 0 saturated carbocycles. The van der Waals surface area contributed by atoms with Crippen LogP contribution in [0.1, 0.15) is 25.7 Å². The number of fused-ring (bicyclic) bond motifs is 1. The lowest BCUT2D eigenvalue weighted by Gasteiger charge is -2.28. The quantitative estimate of drug-likeness (QED) is 0.546. The zero-order chi connectivity index (χ0) is 16.9. The average molecular weight is 333 g/mol. The van der Waals surface area contributed by atoms with E-state index < -0.39 is 10.0 Å². The standard InChI is InChI=1S/C18H25N2O2S/c1-4-5-6-9-15-20(19(2)3)23(21,22)18-14-10-12-16-11-7-8-13-17(16)18/h7-8,10-14H,1,4-6,9,15H2,2-3H3. The Labute approximate surface area is 139 Å². The van der Waals surface area contributed by atoms with Gasteiger partial charge in [0, 0.05) is 26.0 Å². The summed E-state index contributed by atoms with van der Waals surface area (Å²) in [5.41, 5.74) is 0. The second kappa shape index (κ2) is 7.90. The first-order chi connectivity index (χ1) is 11.0. The third-order valence-electron chi connectivity index (χ3n) is 3.85. The maximum Gasteiger partial charge on any atom is 0.256 e. The summed E-state index contributed by atoms with van der Waals surface area (Å²) in [6, 6.07) is 13.0. The normalized spacial score (nSPS) is 12.4. The molecular weight excluding hydrogens is 308 g/mol. The van der Waals surface area contributed by atoms with Gasteiger partial charge in [-0.25, -0.2) is 13.4 Å². The van der Waals surface area contributed by atoms with Gasteiger partial charge in [0.2, 0.25) is 0 Å². The van der Waals surface area contributed by atoms with Gasteiger partial charge in [-0.2, -0.15) is 0 Å². The van der Waals surface area contributed by atoms with E-state index in [1.165, 1.54) is 4.41 Å². The summed E-state index contributed by atoms with van der Waals surface area (Å²) in [6.07, 6.45) is 3.73. The number of sulfonamides is 1. The molecule has 2 rings (SSSR count). The molecule has 1 radical (unpaired) electrons. The molecule has 125 valence electrons. The van der Waals surface area contributed by atoms with Crippen molar-refractivity contribution in [2.24, 2.45) is 0 Å². The summed E-state index contributed by atoms with van der Waals surface area (Å²) in [6.45, 7) is 4.31. The van der Waals surface area contributed by atoms with Gasteiger partial charge in [0.1, 0.15) is 0 Å². The number of hydrogen-bond donors (Lipinski definition) is 0. The molecule has 0 saturated heterocycles. The van der Waals surface area contributed by atoms with Crippen LogP contribution in [-0.2, 0) is 10.0 Å². The minimum absolute atomic E-state index is 0.362. The van der Waals surface area contributed by atoms with Gasteiger partial charge in [0.25, 0.3) is 10.0 Å². The van der Waals surface area contributed by atoms with Crippen LogP contribution in [-0.4, -0.2) is 38.5 Å². The van der Waals surface area contributed by atoms with Gasteiger partial charge in [-0.3, -0.25) is 0 Å². The van der Waals surface area contributed by atoms with Gasteiger partial charge in [0.15, 0.2) is 0 Å². The highest BCUT2D eigenvalue weighted by Crippen LogP contribution is 2.26. The second-order valence-corrected chi connectivity index (χ2v) is 7.60. The van der Waals surface area contributed by atoms with Crippen LogP contribution >= 0.6 is 0 Å². The van der Waals surface area contributed by atoms with Crippen LogP contribution in [0.4, 0.5) is 0 Å². The maximum absolute atomic E-state index is 13.1. The first-order valence-corrected chi connectivity index (χ1v) is 9.39. The Morgan fingerprint density at radius 1 is 0.957 bits per heavy atom. The molecule has 0 aliphatic rings. The summed E-state index contributed by atoms with van der Waals surface area (Å²) < 4.78 is 27.7. The van der Waals surface area contributed by atoms with Crippen molar-refractivity contribution in [3.63, 3.8) is 0 Å². The molecule has 2 aromatic carbocycles. The van der Waals surface area contributed by atoms with E-state index in [2.05, 4.69) is 6.92 Å². The van der Waals surface area contributed by atoms with Gasteiger partial charge in [-0.15, -0.1) is 4.41 Å². The van der Waals surface area contributed by atoms with E-state index in [0.29, 0.717) is 11.4 Å². The minimum atomic E-state index is -3.57. The topological polar surface area (TPSA) is 40.6 Å². The van der Waals surface area contributed by atoms with E-state index in [0.717, 1.165) is 36.5 Å². The molecule has 0 heterocycles. The highest BCUT2D eigenvalue weighted by molar-refractivity contribution is 7.89. The lowest BCUT2D eigenvalue weighted by molar-refractivity contribution is 0.124. The van der Waals surface area contributed by atoms with Gasteiger partial charge >= 0.3 is 0 Å². The Bertz CT molecular complexity index is 736. The fourth-order valence-corrected chi connectivity index (χ4v) is 4.41. The summed E-state index contributed by atoms with van der Waals surface area (Å²) in [4.78, 5) is 0.362. The van der Waals surface area contributed by atoms with Gasteiger partial charge in [-0.1, -0.05) is 62.6 Å². The molecule has 0 aromatic heterocycles. The third kappa shape index (κ3) is 4.10. The van der Waals surface area contributed by atoms with Crippen molar-refractivity contribution in [3.05, 3.63) is 49.4 Å². The molecule has 0 N–H and O–H groups in total. The third-order valence-corrected chi connectivity index (χ3v) is 5.83. The van der Waals surface area contributed by atoms with Crippen LogP contribution < -0.4 is 0 Å². The van der Waals surface area contributed by atoms with Crippen molar-refractivity contribution in [2.45, 2.75) is 30.6 Å². The van der Waals surface area contributed by atoms with Crippen molar-refractivity contribution >= 4 is 20.8 Å². The SMILES string of the molecule is [CH2]CCCCCN(N(C)C)S(=O)(=O)c1cccc2ccccc12. The van der Waals surface area contributed by atoms with Crippen LogP contribution in [0.5, 0.6) is 0 Å². The number of nitrogens with zero attached hydrogens (tertiary/aromatic N) is 2. The number of hydrazine groups is 1. The number of rotatable bonds is 8. The molecule has 0 fully saturated rings. The Morgan fingerprint density at radius 3 is 2.35 bits per heavy atom. The molecule has 0 bridgehead atoms. The van der Waals surface area contributed by atoms with E-state index in [4.69, 9.17) is 0 Å². The zero-order valence-corrected chi connectivity index (χ0v) is 14.7. The van der Waals surface area contributed by atoms with Crippen LogP contribution in [0.15, 0.2) is 47.4 Å². The van der Waals surface area contributed by atoms with Crippen LogP contribution in [0, 0.1) is 6.92 Å². The second-order valence-electron chi connectivity index (χ2n) is 5.79. The monoisotopic (exact) mass is 333 g/mol. The zero-order valence-electron chi connectivity index (χ0n) is 13.9. The molecule has 0 aliphatic carbocycles. The summed E-state index contributed by atoms with van der Waals surface area (Å²) in [5.74, 6) is 0. The van der Waals surface area contributed by atoms with Crippen molar-refractivity contribution in [1.29, 1.82) is 0 Å². The Balaban J connectivity index is 2.36. The summed E-state index contributed by atoms with van der Waals surface area (Å²) >= 11 is 0. The Kier molecular flexibility index (Phi) is 6.16. The van der Waals surface area contributed by atoms with Gasteiger partial charge in [-0.05, 0) is 17.9 Å². The molecule has 4 nitrogen and oxygen atoms in total. The number of hydrogen-bond acceptors (Lipinski definition) is 3. The highest BCUT2D eigenvalue weighted by atomic mass is 32.2. The summed E-state index contributed by atoms with van der Waals surface area (Å²) in [7, 11) is -0.0346. The molecule has 23 heavy (non-hydrogen) atoms. The predicted molar refractivity (Wildman–Crippen MR) is 95.4 cm³/mol. The van der Waals surface area contributed by atoms with Crippen LogP contribution in [0.25, 0.3) is 10.8 Å². The maximum atomic E-state index is 13.1. The van der Waals surface area contributed by atoms with Crippen LogP contribution in [0.2, 0.25) is 0 Å². The fraction of sp³-hybridized carbons (Fsp3) is 0.389. The molecule has 0 spiro atoms.